The van der Waals surface area contributed by atoms with E-state index in [4.69, 9.17) is 21.7 Å². The van der Waals surface area contributed by atoms with E-state index < -0.39 is 5.91 Å². The fraction of sp³-hybridized carbons (Fsp3) is 0.286. The van der Waals surface area contributed by atoms with Crippen LogP contribution < -0.4 is 5.32 Å². The van der Waals surface area contributed by atoms with Gasteiger partial charge in [0.15, 0.2) is 15.7 Å². The molecule has 1 aliphatic heterocycles. The third kappa shape index (κ3) is 3.24. The van der Waals surface area contributed by atoms with Crippen LogP contribution in [0.4, 0.5) is 5.13 Å². The Bertz CT molecular complexity index is 864. The van der Waals surface area contributed by atoms with E-state index in [1.165, 1.54) is 17.6 Å². The number of aromatic nitrogens is 4. The molecular formula is C14H15N5O3S2. The van der Waals surface area contributed by atoms with Crippen LogP contribution in [0, 0.1) is 11.7 Å². The molecule has 126 valence electrons. The van der Waals surface area contributed by atoms with Crippen molar-refractivity contribution in [3.63, 3.8) is 0 Å². The zero-order valence-corrected chi connectivity index (χ0v) is 14.5. The Balaban J connectivity index is 1.85. The summed E-state index contributed by atoms with van der Waals surface area (Å²) in [6.45, 7) is 6.87. The van der Waals surface area contributed by atoms with E-state index in [9.17, 15) is 4.79 Å². The molecule has 8 nitrogen and oxygen atoms in total. The van der Waals surface area contributed by atoms with E-state index in [1.807, 2.05) is 11.5 Å². The van der Waals surface area contributed by atoms with Crippen LogP contribution in [0.2, 0.25) is 0 Å². The smallest absolute Gasteiger partial charge is 0.295 e. The van der Waals surface area contributed by atoms with Gasteiger partial charge in [0.25, 0.3) is 5.91 Å². The molecule has 2 N–H and O–H groups in total. The summed E-state index contributed by atoms with van der Waals surface area (Å²) < 4.78 is 12.6. The van der Waals surface area contributed by atoms with E-state index in [0.29, 0.717) is 35.5 Å². The molecule has 3 rings (SSSR count). The van der Waals surface area contributed by atoms with Crippen LogP contribution in [0.15, 0.2) is 24.7 Å². The highest BCUT2D eigenvalue weighted by atomic mass is 32.1. The average molecular weight is 365 g/mol. The van der Waals surface area contributed by atoms with Crippen LogP contribution in [-0.2, 0) is 20.8 Å². The number of hydrogen-bond acceptors (Lipinski definition) is 7. The van der Waals surface area contributed by atoms with Crippen LogP contribution in [0.1, 0.15) is 5.69 Å². The van der Waals surface area contributed by atoms with Gasteiger partial charge in [0.2, 0.25) is 5.76 Å². The molecule has 0 saturated heterocycles. The highest BCUT2D eigenvalue weighted by Crippen LogP contribution is 2.32. The van der Waals surface area contributed by atoms with Crippen molar-refractivity contribution < 1.29 is 14.3 Å². The molecule has 24 heavy (non-hydrogen) atoms. The maximum Gasteiger partial charge on any atom is 0.295 e. The van der Waals surface area contributed by atoms with Crippen LogP contribution in [0.3, 0.4) is 0 Å². The number of ether oxygens (including phenoxy) is 2. The highest BCUT2D eigenvalue weighted by Gasteiger charge is 2.20. The zero-order chi connectivity index (χ0) is 17.1. The van der Waals surface area contributed by atoms with E-state index in [0.717, 1.165) is 10.6 Å². The van der Waals surface area contributed by atoms with Crippen molar-refractivity contribution >= 4 is 34.6 Å². The van der Waals surface area contributed by atoms with Gasteiger partial charge < -0.3 is 9.47 Å². The molecule has 1 amide bonds. The molecule has 0 unspecified atom stereocenters. The molecule has 0 radical (unpaired) electrons. The normalized spacial score (nSPS) is 13.6. The second-order valence-electron chi connectivity index (χ2n) is 4.84. The molecule has 0 aromatic carbocycles. The molecule has 0 bridgehead atoms. The van der Waals surface area contributed by atoms with E-state index in [1.54, 1.807) is 6.08 Å². The first-order valence-electron chi connectivity index (χ1n) is 7.10. The van der Waals surface area contributed by atoms with E-state index in [2.05, 4.69) is 27.1 Å². The molecule has 1 aliphatic rings. The minimum absolute atomic E-state index is 0.130. The number of amides is 1. The lowest BCUT2D eigenvalue weighted by atomic mass is 10.3. The fourth-order valence-corrected chi connectivity index (χ4v) is 3.26. The van der Waals surface area contributed by atoms with E-state index in [-0.39, 0.29) is 5.76 Å². The second-order valence-corrected chi connectivity index (χ2v) is 6.23. The van der Waals surface area contributed by atoms with E-state index >= 15 is 0 Å². The number of aromatic amines is 1. The molecule has 0 spiro atoms. The fourth-order valence-electron chi connectivity index (χ4n) is 2.09. The van der Waals surface area contributed by atoms with Gasteiger partial charge in [-0.15, -0.1) is 6.58 Å². The van der Waals surface area contributed by atoms with Gasteiger partial charge in [-0.05, 0) is 19.1 Å². The molecule has 10 heteroatoms. The number of nitrogens with zero attached hydrogens (tertiary/aromatic N) is 3. The molecular weight excluding hydrogens is 350 g/mol. The Kier molecular flexibility index (Phi) is 4.76. The lowest BCUT2D eigenvalue weighted by Gasteiger charge is -2.14. The standard InChI is InChI=1S/C14H15N5O3S2/c1-3-4-19-11(17-18-14(19)23)10-8(2)15-13(24-10)16-12(20)9-7-21-5-6-22-9/h3,7H,1,4-6H2,2H3,(H,18,23)(H,15,16,20). The predicted molar refractivity (Wildman–Crippen MR) is 92.1 cm³/mol. The number of carbonyl (C=O) groups is 1. The first-order valence-corrected chi connectivity index (χ1v) is 8.32. The van der Waals surface area contributed by atoms with Gasteiger partial charge >= 0.3 is 0 Å². The van der Waals surface area contributed by atoms with Crippen molar-refractivity contribution in [3.05, 3.63) is 35.1 Å². The third-order valence-corrected chi connectivity index (χ3v) is 4.54. The van der Waals surface area contributed by atoms with Crippen LogP contribution >= 0.6 is 23.6 Å². The summed E-state index contributed by atoms with van der Waals surface area (Å²) in [4.78, 5) is 17.3. The van der Waals surface area contributed by atoms with Crippen LogP contribution in [0.5, 0.6) is 0 Å². The minimum Gasteiger partial charge on any atom is -0.494 e. The number of rotatable bonds is 5. The molecule has 2 aromatic heterocycles. The number of H-pyrrole nitrogens is 1. The van der Waals surface area contributed by atoms with Crippen molar-refractivity contribution in [2.75, 3.05) is 18.5 Å². The Morgan fingerprint density at radius 3 is 3.17 bits per heavy atom. The van der Waals surface area contributed by atoms with Gasteiger partial charge in [-0.1, -0.05) is 17.4 Å². The van der Waals surface area contributed by atoms with Gasteiger partial charge in [0.05, 0.1) is 10.6 Å². The largest absolute Gasteiger partial charge is 0.494 e. The summed E-state index contributed by atoms with van der Waals surface area (Å²) in [6, 6.07) is 0. The lowest BCUT2D eigenvalue weighted by Crippen LogP contribution is -2.21. The number of anilines is 1. The Morgan fingerprint density at radius 2 is 2.46 bits per heavy atom. The summed E-state index contributed by atoms with van der Waals surface area (Å²) in [5, 5.41) is 10.2. The summed E-state index contributed by atoms with van der Waals surface area (Å²) in [5.41, 5.74) is 0.740. The van der Waals surface area contributed by atoms with Gasteiger partial charge in [-0.25, -0.2) is 4.98 Å². The lowest BCUT2D eigenvalue weighted by molar-refractivity contribution is -0.117. The Labute approximate surface area is 146 Å². The Morgan fingerprint density at radius 1 is 1.62 bits per heavy atom. The molecule has 0 atom stereocenters. The second kappa shape index (κ2) is 6.97. The number of carbonyl (C=O) groups excluding carboxylic acids is 1. The maximum absolute atomic E-state index is 12.1. The highest BCUT2D eigenvalue weighted by molar-refractivity contribution is 7.71. The van der Waals surface area contributed by atoms with Gasteiger partial charge in [-0.3, -0.25) is 19.8 Å². The number of aryl methyl sites for hydroxylation is 1. The van der Waals surface area contributed by atoms with Gasteiger partial charge in [0, 0.05) is 6.54 Å². The number of hydrogen-bond donors (Lipinski definition) is 2. The molecule has 3 heterocycles. The quantitative estimate of drug-likeness (QED) is 0.624. The molecule has 2 aromatic rings. The topological polar surface area (TPSA) is 94.1 Å². The summed E-state index contributed by atoms with van der Waals surface area (Å²) in [7, 11) is 0. The molecule has 0 fully saturated rings. The summed E-state index contributed by atoms with van der Waals surface area (Å²) >= 11 is 6.53. The van der Waals surface area contributed by atoms with Crippen molar-refractivity contribution in [1.29, 1.82) is 0 Å². The SMILES string of the molecule is C=CCn1c(-c2sc(NC(=O)C3=COCCO3)nc2C)n[nH]c1=S. The van der Waals surface area contributed by atoms with Crippen molar-refractivity contribution in [3.8, 4) is 10.7 Å². The Hall–Kier alpha value is -2.46. The van der Waals surface area contributed by atoms with Gasteiger partial charge in [-0.2, -0.15) is 5.10 Å². The van der Waals surface area contributed by atoms with Gasteiger partial charge in [0.1, 0.15) is 19.5 Å². The monoisotopic (exact) mass is 365 g/mol. The molecule has 0 aliphatic carbocycles. The average Bonchev–Trinajstić information content (AvgIpc) is 3.12. The van der Waals surface area contributed by atoms with Crippen molar-refractivity contribution in [1.82, 2.24) is 19.7 Å². The number of nitrogens with one attached hydrogen (secondary N) is 2. The summed E-state index contributed by atoms with van der Waals surface area (Å²) in [6.07, 6.45) is 3.04. The van der Waals surface area contributed by atoms with Crippen LogP contribution in [0.25, 0.3) is 10.7 Å². The maximum atomic E-state index is 12.1. The zero-order valence-electron chi connectivity index (χ0n) is 12.9. The first kappa shape index (κ1) is 16.4. The first-order chi connectivity index (χ1) is 11.6. The van der Waals surface area contributed by atoms with Crippen molar-refractivity contribution in [2.24, 2.45) is 0 Å². The predicted octanol–water partition coefficient (Wildman–Crippen LogP) is 2.39. The third-order valence-electron chi connectivity index (χ3n) is 3.16. The molecule has 0 saturated carbocycles. The minimum atomic E-state index is -0.403. The van der Waals surface area contributed by atoms with Crippen molar-refractivity contribution in [2.45, 2.75) is 13.5 Å². The number of thiazole rings is 1. The van der Waals surface area contributed by atoms with Crippen LogP contribution in [-0.4, -0.2) is 38.9 Å². The number of allylic oxidation sites excluding steroid dienone is 1. The summed E-state index contributed by atoms with van der Waals surface area (Å²) in [5.74, 6) is 0.386.